The second-order valence-corrected chi connectivity index (χ2v) is 11.5. The molecule has 1 aliphatic heterocycles. The number of nitrogens with zero attached hydrogens (tertiary/aromatic N) is 2. The van der Waals surface area contributed by atoms with Gasteiger partial charge in [-0.2, -0.15) is 0 Å². The average molecular weight is 513 g/mol. The van der Waals surface area contributed by atoms with Gasteiger partial charge in [-0.05, 0) is 48.4 Å². The minimum Gasteiger partial charge on any atom is -0.392 e. The number of benzene rings is 1. The highest BCUT2D eigenvalue weighted by molar-refractivity contribution is 6.30. The number of halogens is 1. The third kappa shape index (κ3) is 6.25. The topological polar surface area (TPSA) is 94.6 Å². The van der Waals surface area contributed by atoms with Crippen LogP contribution in [0.4, 0.5) is 5.69 Å². The molecule has 2 aliphatic rings. The second kappa shape index (κ2) is 11.3. The SMILES string of the molecule is CC(C)(C)c1ccc(N(C(=O)[C@H]2C[C@@H](O)CN2)C(C(=O)NC2CCCCC2)c2cncc(Cl)c2)cc1. The highest BCUT2D eigenvalue weighted by atomic mass is 35.5. The minimum absolute atomic E-state index is 0.0564. The van der Waals surface area contributed by atoms with Crippen LogP contribution in [0.5, 0.6) is 0 Å². The lowest BCUT2D eigenvalue weighted by Gasteiger charge is -2.35. The number of hydrogen-bond donors (Lipinski definition) is 3. The van der Waals surface area contributed by atoms with E-state index in [0.29, 0.717) is 29.2 Å². The summed E-state index contributed by atoms with van der Waals surface area (Å²) in [6.07, 6.45) is 7.98. The number of amides is 2. The lowest BCUT2D eigenvalue weighted by Crippen LogP contribution is -2.51. The number of aliphatic hydroxyl groups excluding tert-OH is 1. The predicted octanol–water partition coefficient (Wildman–Crippen LogP) is 4.28. The van der Waals surface area contributed by atoms with Crippen molar-refractivity contribution in [1.82, 2.24) is 15.6 Å². The van der Waals surface area contributed by atoms with Gasteiger partial charge in [-0.25, -0.2) is 0 Å². The molecule has 1 aromatic carbocycles. The van der Waals surface area contributed by atoms with Gasteiger partial charge in [0.1, 0.15) is 6.04 Å². The van der Waals surface area contributed by atoms with Gasteiger partial charge in [0.25, 0.3) is 0 Å². The van der Waals surface area contributed by atoms with Crippen LogP contribution in [0.3, 0.4) is 0 Å². The van der Waals surface area contributed by atoms with Gasteiger partial charge in [-0.3, -0.25) is 19.5 Å². The maximum Gasteiger partial charge on any atom is 0.248 e. The fraction of sp³-hybridized carbons (Fsp3) is 0.536. The molecule has 2 aromatic rings. The zero-order valence-electron chi connectivity index (χ0n) is 21.3. The van der Waals surface area contributed by atoms with E-state index in [1.54, 1.807) is 17.2 Å². The molecule has 194 valence electrons. The number of hydrogen-bond acceptors (Lipinski definition) is 5. The van der Waals surface area contributed by atoms with E-state index in [2.05, 4.69) is 36.4 Å². The number of β-amino-alcohol motifs (C(OH)–C–C–N with tert-alkyl or cyclic N) is 1. The molecule has 2 fully saturated rings. The maximum absolute atomic E-state index is 14.0. The molecule has 1 unspecified atom stereocenters. The van der Waals surface area contributed by atoms with Gasteiger partial charge in [-0.1, -0.05) is 63.8 Å². The number of carbonyl (C=O) groups excluding carboxylic acids is 2. The van der Waals surface area contributed by atoms with E-state index in [0.717, 1.165) is 31.2 Å². The molecule has 0 spiro atoms. The van der Waals surface area contributed by atoms with Gasteiger partial charge in [0.2, 0.25) is 11.8 Å². The van der Waals surface area contributed by atoms with E-state index in [9.17, 15) is 14.7 Å². The van der Waals surface area contributed by atoms with E-state index < -0.39 is 18.2 Å². The molecule has 2 heterocycles. The van der Waals surface area contributed by atoms with Crippen molar-refractivity contribution in [3.8, 4) is 0 Å². The molecule has 2 amide bonds. The number of pyridine rings is 1. The predicted molar refractivity (Wildman–Crippen MR) is 142 cm³/mol. The van der Waals surface area contributed by atoms with Crippen molar-refractivity contribution in [3.05, 3.63) is 58.9 Å². The third-order valence-electron chi connectivity index (χ3n) is 7.15. The van der Waals surface area contributed by atoms with Crippen molar-refractivity contribution in [2.45, 2.75) is 88.9 Å². The van der Waals surface area contributed by atoms with Crippen LogP contribution in [0.1, 0.15) is 76.5 Å². The molecular formula is C28H37ClN4O3. The van der Waals surface area contributed by atoms with Gasteiger partial charge >= 0.3 is 0 Å². The first-order valence-electron chi connectivity index (χ1n) is 12.9. The van der Waals surface area contributed by atoms with Crippen LogP contribution in [-0.2, 0) is 15.0 Å². The van der Waals surface area contributed by atoms with E-state index in [-0.39, 0.29) is 23.3 Å². The maximum atomic E-state index is 14.0. The van der Waals surface area contributed by atoms with Gasteiger partial charge in [0, 0.05) is 36.2 Å². The highest BCUT2D eigenvalue weighted by Gasteiger charge is 2.39. The number of rotatable bonds is 6. The zero-order chi connectivity index (χ0) is 25.9. The Labute approximate surface area is 218 Å². The molecule has 0 radical (unpaired) electrons. The first kappa shape index (κ1) is 26.6. The minimum atomic E-state index is -0.953. The van der Waals surface area contributed by atoms with Crippen molar-refractivity contribution < 1.29 is 14.7 Å². The summed E-state index contributed by atoms with van der Waals surface area (Å²) in [5.74, 6) is -0.517. The fourth-order valence-corrected chi connectivity index (χ4v) is 5.30. The summed E-state index contributed by atoms with van der Waals surface area (Å²) in [6.45, 7) is 6.73. The molecule has 1 aliphatic carbocycles. The summed E-state index contributed by atoms with van der Waals surface area (Å²) in [7, 11) is 0. The van der Waals surface area contributed by atoms with Crippen molar-refractivity contribution in [2.75, 3.05) is 11.4 Å². The fourth-order valence-electron chi connectivity index (χ4n) is 5.12. The molecule has 3 atom stereocenters. The van der Waals surface area contributed by atoms with Crippen molar-refractivity contribution >= 4 is 29.1 Å². The van der Waals surface area contributed by atoms with E-state index in [1.807, 2.05) is 24.3 Å². The molecular weight excluding hydrogens is 476 g/mol. The van der Waals surface area contributed by atoms with Crippen LogP contribution in [0, 0.1) is 0 Å². The van der Waals surface area contributed by atoms with Gasteiger partial charge in [0.05, 0.1) is 17.2 Å². The molecule has 0 bridgehead atoms. The molecule has 3 N–H and O–H groups in total. The number of aliphatic hydroxyl groups is 1. The number of aromatic nitrogens is 1. The molecule has 8 heteroatoms. The Morgan fingerprint density at radius 1 is 1.14 bits per heavy atom. The summed E-state index contributed by atoms with van der Waals surface area (Å²) < 4.78 is 0. The van der Waals surface area contributed by atoms with Crippen LogP contribution in [0.2, 0.25) is 5.02 Å². The quantitative estimate of drug-likeness (QED) is 0.537. The van der Waals surface area contributed by atoms with Gasteiger partial charge in [0.15, 0.2) is 0 Å². The van der Waals surface area contributed by atoms with Crippen LogP contribution in [0.25, 0.3) is 0 Å². The van der Waals surface area contributed by atoms with E-state index in [4.69, 9.17) is 11.6 Å². The Hall–Kier alpha value is -2.48. The average Bonchev–Trinajstić information content (AvgIpc) is 3.28. The summed E-state index contributed by atoms with van der Waals surface area (Å²) in [6, 6.07) is 8.00. The van der Waals surface area contributed by atoms with E-state index in [1.165, 1.54) is 12.6 Å². The van der Waals surface area contributed by atoms with Crippen molar-refractivity contribution in [3.63, 3.8) is 0 Å². The van der Waals surface area contributed by atoms with Gasteiger partial charge in [-0.15, -0.1) is 0 Å². The Morgan fingerprint density at radius 3 is 2.42 bits per heavy atom. The smallest absolute Gasteiger partial charge is 0.248 e. The van der Waals surface area contributed by atoms with Crippen molar-refractivity contribution in [1.29, 1.82) is 0 Å². The zero-order valence-corrected chi connectivity index (χ0v) is 22.1. The molecule has 1 saturated carbocycles. The van der Waals surface area contributed by atoms with Crippen LogP contribution in [0.15, 0.2) is 42.7 Å². The standard InChI is InChI=1S/C28H37ClN4O3/c1-28(2,3)19-9-11-22(12-10-19)33(27(36)24-14-23(34)17-31-24)25(18-13-20(29)16-30-15-18)26(35)32-21-7-5-4-6-8-21/h9-13,15-16,21,23-25,31,34H,4-8,14,17H2,1-3H3,(H,32,35)/t23-,24-,25?/m1/s1. The number of anilines is 1. The lowest BCUT2D eigenvalue weighted by molar-refractivity contribution is -0.128. The molecule has 1 aromatic heterocycles. The first-order chi connectivity index (χ1) is 17.1. The Balaban J connectivity index is 1.77. The molecule has 7 nitrogen and oxygen atoms in total. The van der Waals surface area contributed by atoms with Crippen LogP contribution < -0.4 is 15.5 Å². The molecule has 4 rings (SSSR count). The summed E-state index contributed by atoms with van der Waals surface area (Å²) in [4.78, 5) is 33.7. The summed E-state index contributed by atoms with van der Waals surface area (Å²) in [5.41, 5.74) is 2.22. The second-order valence-electron chi connectivity index (χ2n) is 11.0. The Kier molecular flexibility index (Phi) is 8.33. The van der Waals surface area contributed by atoms with Crippen LogP contribution >= 0.6 is 11.6 Å². The molecule has 1 saturated heterocycles. The monoisotopic (exact) mass is 512 g/mol. The lowest BCUT2D eigenvalue weighted by atomic mass is 9.87. The Bertz CT molecular complexity index is 1060. The van der Waals surface area contributed by atoms with Crippen molar-refractivity contribution in [2.24, 2.45) is 0 Å². The van der Waals surface area contributed by atoms with Gasteiger partial charge < -0.3 is 15.7 Å². The van der Waals surface area contributed by atoms with Crippen LogP contribution in [-0.4, -0.2) is 46.6 Å². The normalized spacial score (nSPS) is 21.7. The third-order valence-corrected chi connectivity index (χ3v) is 7.36. The number of nitrogens with one attached hydrogen (secondary N) is 2. The molecule has 36 heavy (non-hydrogen) atoms. The Morgan fingerprint density at radius 2 is 1.83 bits per heavy atom. The summed E-state index contributed by atoms with van der Waals surface area (Å²) >= 11 is 6.29. The largest absolute Gasteiger partial charge is 0.392 e. The first-order valence-corrected chi connectivity index (χ1v) is 13.3. The number of carbonyl (C=O) groups is 2. The van der Waals surface area contributed by atoms with E-state index >= 15 is 0 Å². The summed E-state index contributed by atoms with van der Waals surface area (Å²) in [5, 5.41) is 16.8. The highest BCUT2D eigenvalue weighted by Crippen LogP contribution is 2.33.